The van der Waals surface area contributed by atoms with Crippen LogP contribution >= 0.6 is 0 Å². The molecule has 0 bridgehead atoms. The molecule has 130 valence electrons. The van der Waals surface area contributed by atoms with Crippen molar-refractivity contribution < 1.29 is 23.4 Å². The van der Waals surface area contributed by atoms with Gasteiger partial charge in [0.05, 0.1) is 7.11 Å². The van der Waals surface area contributed by atoms with Gasteiger partial charge in [-0.1, -0.05) is 36.9 Å². The van der Waals surface area contributed by atoms with Crippen molar-refractivity contribution in [2.45, 2.75) is 6.61 Å². The van der Waals surface area contributed by atoms with Gasteiger partial charge in [-0.15, -0.1) is 0 Å². The Kier molecular flexibility index (Phi) is 6.77. The third-order valence-corrected chi connectivity index (χ3v) is 3.28. The van der Waals surface area contributed by atoms with E-state index >= 15 is 0 Å². The summed E-state index contributed by atoms with van der Waals surface area (Å²) in [7, 11) is 1.51. The highest BCUT2D eigenvalue weighted by molar-refractivity contribution is 5.87. The number of carbonyl (C=O) groups excluding carboxylic acids is 1. The van der Waals surface area contributed by atoms with E-state index in [1.54, 1.807) is 42.5 Å². The van der Waals surface area contributed by atoms with Crippen molar-refractivity contribution in [2.24, 2.45) is 0 Å². The molecule has 2 aromatic carbocycles. The second-order valence-electron chi connectivity index (χ2n) is 5.04. The fourth-order valence-electron chi connectivity index (χ4n) is 2.03. The second kappa shape index (κ2) is 9.27. The average Bonchev–Trinajstić information content (AvgIpc) is 2.64. The Bertz CT molecular complexity index is 768. The number of esters is 1. The zero-order chi connectivity index (χ0) is 18.1. The van der Waals surface area contributed by atoms with Crippen LogP contribution in [0.3, 0.4) is 0 Å². The zero-order valence-corrected chi connectivity index (χ0v) is 13.9. The van der Waals surface area contributed by atoms with Crippen molar-refractivity contribution >= 4 is 12.0 Å². The van der Waals surface area contributed by atoms with Crippen molar-refractivity contribution in [3.05, 3.63) is 78.1 Å². The lowest BCUT2D eigenvalue weighted by molar-refractivity contribution is -0.136. The lowest BCUT2D eigenvalue weighted by Gasteiger charge is -2.11. The number of hydrogen-bond acceptors (Lipinski definition) is 4. The summed E-state index contributed by atoms with van der Waals surface area (Å²) in [5.41, 5.74) is 1.20. The molecule has 0 aliphatic carbocycles. The van der Waals surface area contributed by atoms with Gasteiger partial charge >= 0.3 is 5.97 Å². The molecule has 0 saturated heterocycles. The van der Waals surface area contributed by atoms with Gasteiger partial charge in [-0.25, -0.2) is 9.18 Å². The first-order valence-electron chi connectivity index (χ1n) is 7.64. The summed E-state index contributed by atoms with van der Waals surface area (Å²) in [6, 6.07) is 11.6. The Labute approximate surface area is 146 Å². The van der Waals surface area contributed by atoms with Gasteiger partial charge in [0.15, 0.2) is 11.5 Å². The third kappa shape index (κ3) is 5.49. The van der Waals surface area contributed by atoms with E-state index in [0.29, 0.717) is 17.1 Å². The van der Waals surface area contributed by atoms with Crippen molar-refractivity contribution in [1.82, 2.24) is 0 Å². The molecule has 0 aliphatic heterocycles. The van der Waals surface area contributed by atoms with Crippen LogP contribution in [0, 0.1) is 5.82 Å². The van der Waals surface area contributed by atoms with E-state index in [9.17, 15) is 9.18 Å². The third-order valence-electron chi connectivity index (χ3n) is 3.28. The number of ether oxygens (including phenoxy) is 3. The molecule has 25 heavy (non-hydrogen) atoms. The lowest BCUT2D eigenvalue weighted by atomic mass is 10.2. The largest absolute Gasteiger partial charge is 0.493 e. The van der Waals surface area contributed by atoms with Crippen LogP contribution in [0.4, 0.5) is 4.39 Å². The van der Waals surface area contributed by atoms with Gasteiger partial charge < -0.3 is 14.2 Å². The molecule has 0 atom stereocenters. The van der Waals surface area contributed by atoms with Gasteiger partial charge in [-0.2, -0.15) is 0 Å². The van der Waals surface area contributed by atoms with Crippen LogP contribution in [0.25, 0.3) is 6.08 Å². The number of methoxy groups -OCH3 is 1. The molecule has 0 heterocycles. The van der Waals surface area contributed by atoms with Gasteiger partial charge in [0.2, 0.25) is 0 Å². The molecule has 0 radical (unpaired) electrons. The van der Waals surface area contributed by atoms with Crippen LogP contribution < -0.4 is 9.47 Å². The maximum atomic E-state index is 13.6. The molecule has 0 saturated carbocycles. The van der Waals surface area contributed by atoms with Crippen LogP contribution in [0.1, 0.15) is 11.1 Å². The number of hydrogen-bond donors (Lipinski definition) is 0. The van der Waals surface area contributed by atoms with Crippen LogP contribution in [-0.4, -0.2) is 19.7 Å². The molecule has 0 aromatic heterocycles. The number of carbonyl (C=O) groups is 1. The summed E-state index contributed by atoms with van der Waals surface area (Å²) >= 11 is 0. The van der Waals surface area contributed by atoms with Gasteiger partial charge in [-0.05, 0) is 29.8 Å². The number of halogens is 1. The van der Waals surface area contributed by atoms with Gasteiger partial charge in [0, 0.05) is 11.6 Å². The molecular weight excluding hydrogens is 323 g/mol. The van der Waals surface area contributed by atoms with E-state index < -0.39 is 5.97 Å². The Morgan fingerprint density at radius 2 is 2.00 bits per heavy atom. The van der Waals surface area contributed by atoms with E-state index in [4.69, 9.17) is 14.2 Å². The Balaban J connectivity index is 2.06. The summed E-state index contributed by atoms with van der Waals surface area (Å²) in [6.07, 6.45) is 4.42. The topological polar surface area (TPSA) is 44.8 Å². The monoisotopic (exact) mass is 342 g/mol. The minimum Gasteiger partial charge on any atom is -0.493 e. The molecule has 0 unspecified atom stereocenters. The van der Waals surface area contributed by atoms with E-state index in [1.807, 2.05) is 0 Å². The fraction of sp³-hybridized carbons (Fsp3) is 0.150. The van der Waals surface area contributed by atoms with Gasteiger partial charge in [-0.3, -0.25) is 0 Å². The van der Waals surface area contributed by atoms with Crippen molar-refractivity contribution in [3.8, 4) is 11.5 Å². The van der Waals surface area contributed by atoms with Crippen LogP contribution in [0.15, 0.2) is 61.2 Å². The number of benzene rings is 2. The van der Waals surface area contributed by atoms with Gasteiger partial charge in [0.25, 0.3) is 0 Å². The highest BCUT2D eigenvalue weighted by Crippen LogP contribution is 2.29. The smallest absolute Gasteiger partial charge is 0.331 e. The molecule has 0 amide bonds. The van der Waals surface area contributed by atoms with Crippen LogP contribution in [0.2, 0.25) is 0 Å². The van der Waals surface area contributed by atoms with Crippen molar-refractivity contribution in [1.29, 1.82) is 0 Å². The maximum absolute atomic E-state index is 13.6. The lowest BCUT2D eigenvalue weighted by Crippen LogP contribution is -2.00. The quantitative estimate of drug-likeness (QED) is 0.411. The molecule has 2 rings (SSSR count). The van der Waals surface area contributed by atoms with E-state index in [2.05, 4.69) is 6.58 Å². The molecule has 5 heteroatoms. The molecule has 0 aliphatic rings. The number of rotatable bonds is 8. The van der Waals surface area contributed by atoms with E-state index in [-0.39, 0.29) is 19.0 Å². The highest BCUT2D eigenvalue weighted by atomic mass is 19.1. The second-order valence-corrected chi connectivity index (χ2v) is 5.04. The Morgan fingerprint density at radius 3 is 2.72 bits per heavy atom. The molecular formula is C20H19FO4. The molecule has 0 spiro atoms. The first-order chi connectivity index (χ1) is 12.1. The minimum absolute atomic E-state index is 0.0894. The molecule has 0 N–H and O–H groups in total. The summed E-state index contributed by atoms with van der Waals surface area (Å²) in [6.45, 7) is 3.72. The Morgan fingerprint density at radius 1 is 1.20 bits per heavy atom. The zero-order valence-electron chi connectivity index (χ0n) is 13.9. The first kappa shape index (κ1) is 18.3. The molecule has 4 nitrogen and oxygen atoms in total. The predicted octanol–water partition coefficient (Wildman–Crippen LogP) is 4.16. The molecule has 0 fully saturated rings. The summed E-state index contributed by atoms with van der Waals surface area (Å²) < 4.78 is 29.4. The molecule has 2 aromatic rings. The van der Waals surface area contributed by atoms with E-state index in [0.717, 1.165) is 5.56 Å². The average molecular weight is 342 g/mol. The van der Waals surface area contributed by atoms with Crippen LogP contribution in [-0.2, 0) is 16.1 Å². The van der Waals surface area contributed by atoms with Crippen molar-refractivity contribution in [3.63, 3.8) is 0 Å². The normalized spacial score (nSPS) is 10.5. The standard InChI is InChI=1S/C20H19FO4/c1-3-12-24-20(22)11-9-15-8-10-18(19(13-15)23-2)25-14-16-6-4-5-7-17(16)21/h3-11,13H,1,12,14H2,2H3/b11-9+. The summed E-state index contributed by atoms with van der Waals surface area (Å²) in [5.74, 6) is 0.188. The fourth-order valence-corrected chi connectivity index (χ4v) is 2.03. The highest BCUT2D eigenvalue weighted by Gasteiger charge is 2.07. The SMILES string of the molecule is C=CCOC(=O)/C=C/c1ccc(OCc2ccccc2F)c(OC)c1. The predicted molar refractivity (Wildman–Crippen MR) is 93.9 cm³/mol. The minimum atomic E-state index is -0.459. The maximum Gasteiger partial charge on any atom is 0.331 e. The van der Waals surface area contributed by atoms with Crippen molar-refractivity contribution in [2.75, 3.05) is 13.7 Å². The van der Waals surface area contributed by atoms with Gasteiger partial charge in [0.1, 0.15) is 19.0 Å². The summed E-state index contributed by atoms with van der Waals surface area (Å²) in [5, 5.41) is 0. The Hall–Kier alpha value is -3.08. The first-order valence-corrected chi connectivity index (χ1v) is 7.64. The van der Waals surface area contributed by atoms with E-state index in [1.165, 1.54) is 25.3 Å². The summed E-state index contributed by atoms with van der Waals surface area (Å²) in [4.78, 5) is 11.4. The van der Waals surface area contributed by atoms with Crippen LogP contribution in [0.5, 0.6) is 11.5 Å².